The standard InChI is InChI=1S/C15H11Cl3N2S2/c16-9-7-11(18)14(8-10(9)17)21-5-6-22-15-19-12-3-1-2-4-13(12)20-15/h1-4,7-8H,5-6H2,(H,19,20). The highest BCUT2D eigenvalue weighted by atomic mass is 35.5. The van der Waals surface area contributed by atoms with Gasteiger partial charge in [0, 0.05) is 16.4 Å². The number of aromatic nitrogens is 2. The Bertz CT molecular complexity index is 772. The second-order valence-electron chi connectivity index (χ2n) is 4.45. The first-order chi connectivity index (χ1) is 10.6. The fourth-order valence-corrected chi connectivity index (χ4v) is 4.50. The predicted octanol–water partition coefficient (Wildman–Crippen LogP) is 6.41. The fraction of sp³-hybridized carbons (Fsp3) is 0.133. The third-order valence-corrected chi connectivity index (χ3v) is 6.26. The van der Waals surface area contributed by atoms with Gasteiger partial charge in [0.15, 0.2) is 5.16 Å². The molecule has 0 atom stereocenters. The second-order valence-corrected chi connectivity index (χ2v) is 7.89. The summed E-state index contributed by atoms with van der Waals surface area (Å²) in [7, 11) is 0. The number of nitrogens with zero attached hydrogens (tertiary/aromatic N) is 1. The van der Waals surface area contributed by atoms with Crippen molar-refractivity contribution in [2.24, 2.45) is 0 Å². The number of para-hydroxylation sites is 2. The van der Waals surface area contributed by atoms with E-state index in [1.54, 1.807) is 29.6 Å². The van der Waals surface area contributed by atoms with Crippen molar-refractivity contribution in [2.45, 2.75) is 10.1 Å². The molecule has 114 valence electrons. The Morgan fingerprint density at radius 1 is 0.909 bits per heavy atom. The van der Waals surface area contributed by atoms with E-state index in [0.29, 0.717) is 15.1 Å². The van der Waals surface area contributed by atoms with Crippen molar-refractivity contribution in [1.29, 1.82) is 0 Å². The van der Waals surface area contributed by atoms with Gasteiger partial charge in [-0.2, -0.15) is 0 Å². The zero-order valence-electron chi connectivity index (χ0n) is 11.3. The van der Waals surface area contributed by atoms with E-state index in [0.717, 1.165) is 32.6 Å². The molecule has 2 nitrogen and oxygen atoms in total. The molecule has 1 N–H and O–H groups in total. The van der Waals surface area contributed by atoms with E-state index in [9.17, 15) is 0 Å². The molecule has 0 radical (unpaired) electrons. The van der Waals surface area contributed by atoms with Crippen molar-refractivity contribution < 1.29 is 0 Å². The minimum atomic E-state index is 0.479. The number of halogens is 3. The molecular weight excluding hydrogens is 379 g/mol. The number of nitrogens with one attached hydrogen (secondary N) is 1. The van der Waals surface area contributed by atoms with Gasteiger partial charge in [-0.05, 0) is 24.3 Å². The monoisotopic (exact) mass is 388 g/mol. The van der Waals surface area contributed by atoms with Crippen molar-refractivity contribution in [1.82, 2.24) is 9.97 Å². The maximum atomic E-state index is 6.16. The lowest BCUT2D eigenvalue weighted by atomic mass is 10.3. The maximum Gasteiger partial charge on any atom is 0.166 e. The molecule has 1 heterocycles. The minimum Gasteiger partial charge on any atom is -0.333 e. The molecule has 1 aromatic heterocycles. The van der Waals surface area contributed by atoms with Crippen molar-refractivity contribution in [3.63, 3.8) is 0 Å². The Kier molecular flexibility index (Phi) is 5.47. The predicted molar refractivity (Wildman–Crippen MR) is 99.0 cm³/mol. The summed E-state index contributed by atoms with van der Waals surface area (Å²) in [6.45, 7) is 0. The molecule has 0 saturated carbocycles. The molecule has 3 rings (SSSR count). The lowest BCUT2D eigenvalue weighted by molar-refractivity contribution is 1.08. The van der Waals surface area contributed by atoms with Crippen LogP contribution in [0.25, 0.3) is 11.0 Å². The van der Waals surface area contributed by atoms with Crippen LogP contribution < -0.4 is 0 Å². The summed E-state index contributed by atoms with van der Waals surface area (Å²) in [6, 6.07) is 11.5. The smallest absolute Gasteiger partial charge is 0.166 e. The number of fused-ring (bicyclic) bond motifs is 1. The Morgan fingerprint density at radius 3 is 2.45 bits per heavy atom. The molecule has 7 heteroatoms. The second kappa shape index (κ2) is 7.37. The average Bonchev–Trinajstić information content (AvgIpc) is 2.91. The van der Waals surface area contributed by atoms with E-state index in [4.69, 9.17) is 34.8 Å². The normalized spacial score (nSPS) is 11.2. The number of hydrogen-bond donors (Lipinski definition) is 1. The summed E-state index contributed by atoms with van der Waals surface area (Å²) in [5.74, 6) is 1.82. The summed E-state index contributed by atoms with van der Waals surface area (Å²) < 4.78 is 0. The fourth-order valence-electron chi connectivity index (χ4n) is 1.90. The highest BCUT2D eigenvalue weighted by Crippen LogP contribution is 2.35. The average molecular weight is 390 g/mol. The first kappa shape index (κ1) is 16.3. The van der Waals surface area contributed by atoms with Crippen LogP contribution in [0.4, 0.5) is 0 Å². The lowest BCUT2D eigenvalue weighted by Crippen LogP contribution is -1.86. The Morgan fingerprint density at radius 2 is 1.64 bits per heavy atom. The molecule has 0 aliphatic carbocycles. The largest absolute Gasteiger partial charge is 0.333 e. The quantitative estimate of drug-likeness (QED) is 0.310. The van der Waals surface area contributed by atoms with Gasteiger partial charge >= 0.3 is 0 Å². The van der Waals surface area contributed by atoms with Crippen LogP contribution in [-0.2, 0) is 0 Å². The van der Waals surface area contributed by atoms with Crippen LogP contribution in [0.2, 0.25) is 15.1 Å². The van der Waals surface area contributed by atoms with Crippen molar-refractivity contribution >= 4 is 69.4 Å². The topological polar surface area (TPSA) is 28.7 Å². The number of aromatic amines is 1. The van der Waals surface area contributed by atoms with Gasteiger partial charge in [0.05, 0.1) is 26.1 Å². The molecule has 22 heavy (non-hydrogen) atoms. The van der Waals surface area contributed by atoms with E-state index in [-0.39, 0.29) is 0 Å². The number of benzene rings is 2. The van der Waals surface area contributed by atoms with Crippen LogP contribution in [0.1, 0.15) is 0 Å². The molecule has 0 fully saturated rings. The molecule has 0 aliphatic heterocycles. The van der Waals surface area contributed by atoms with Gasteiger partial charge in [0.2, 0.25) is 0 Å². The first-order valence-electron chi connectivity index (χ1n) is 6.48. The number of hydrogen-bond acceptors (Lipinski definition) is 3. The highest BCUT2D eigenvalue weighted by molar-refractivity contribution is 8.02. The van der Waals surface area contributed by atoms with E-state index in [1.165, 1.54) is 0 Å². The van der Waals surface area contributed by atoms with Gasteiger partial charge in [-0.25, -0.2) is 4.98 Å². The molecule has 0 spiro atoms. The van der Waals surface area contributed by atoms with Crippen LogP contribution in [0.3, 0.4) is 0 Å². The zero-order chi connectivity index (χ0) is 15.5. The summed E-state index contributed by atoms with van der Waals surface area (Å²) in [5.41, 5.74) is 2.05. The van der Waals surface area contributed by atoms with Crippen molar-refractivity contribution in [3.8, 4) is 0 Å². The van der Waals surface area contributed by atoms with Crippen LogP contribution in [-0.4, -0.2) is 21.5 Å². The summed E-state index contributed by atoms with van der Waals surface area (Å²) in [6.07, 6.45) is 0. The summed E-state index contributed by atoms with van der Waals surface area (Å²) in [4.78, 5) is 8.78. The van der Waals surface area contributed by atoms with Crippen LogP contribution in [0.15, 0.2) is 46.5 Å². The molecule has 0 amide bonds. The lowest BCUT2D eigenvalue weighted by Gasteiger charge is -2.05. The number of rotatable bonds is 5. The Labute approximate surface area is 151 Å². The van der Waals surface area contributed by atoms with Crippen molar-refractivity contribution in [3.05, 3.63) is 51.5 Å². The number of thioether (sulfide) groups is 2. The number of H-pyrrole nitrogens is 1. The molecule has 3 aromatic rings. The van der Waals surface area contributed by atoms with Crippen LogP contribution >= 0.6 is 58.3 Å². The zero-order valence-corrected chi connectivity index (χ0v) is 15.2. The van der Waals surface area contributed by atoms with Gasteiger partial charge < -0.3 is 4.98 Å². The minimum absolute atomic E-state index is 0.479. The molecule has 0 bridgehead atoms. The number of imidazole rings is 1. The van der Waals surface area contributed by atoms with E-state index >= 15 is 0 Å². The molecule has 0 aliphatic rings. The van der Waals surface area contributed by atoms with Crippen LogP contribution in [0, 0.1) is 0 Å². The first-order valence-corrected chi connectivity index (χ1v) is 9.59. The van der Waals surface area contributed by atoms with E-state index in [1.807, 2.05) is 30.3 Å². The SMILES string of the molecule is Clc1cc(Cl)c(SCCSc2nc3ccccc3[nH]2)cc1Cl. The van der Waals surface area contributed by atoms with Gasteiger partial charge in [-0.15, -0.1) is 11.8 Å². The van der Waals surface area contributed by atoms with E-state index in [2.05, 4.69) is 9.97 Å². The summed E-state index contributed by atoms with van der Waals surface area (Å²) in [5, 5.41) is 2.57. The van der Waals surface area contributed by atoms with E-state index < -0.39 is 0 Å². The third-order valence-electron chi connectivity index (χ3n) is 2.92. The molecule has 0 saturated heterocycles. The molecule has 2 aromatic carbocycles. The Hall–Kier alpha value is -0.520. The van der Waals surface area contributed by atoms with Crippen molar-refractivity contribution in [2.75, 3.05) is 11.5 Å². The van der Waals surface area contributed by atoms with Crippen LogP contribution in [0.5, 0.6) is 0 Å². The Balaban J connectivity index is 1.56. The third kappa shape index (κ3) is 3.87. The highest BCUT2D eigenvalue weighted by Gasteiger charge is 2.07. The van der Waals surface area contributed by atoms with Gasteiger partial charge in [-0.3, -0.25) is 0 Å². The van der Waals surface area contributed by atoms with Gasteiger partial charge in [0.25, 0.3) is 0 Å². The maximum absolute atomic E-state index is 6.16. The van der Waals surface area contributed by atoms with Gasteiger partial charge in [0.1, 0.15) is 0 Å². The molecular formula is C15H11Cl3N2S2. The van der Waals surface area contributed by atoms with Gasteiger partial charge in [-0.1, -0.05) is 58.7 Å². The molecule has 0 unspecified atom stereocenters. The summed E-state index contributed by atoms with van der Waals surface area (Å²) >= 11 is 21.4.